The van der Waals surface area contributed by atoms with Gasteiger partial charge < -0.3 is 20.1 Å². The van der Waals surface area contributed by atoms with E-state index >= 15 is 0 Å². The SMILES string of the molecule is C=CC=C(C=CC)CN(CC(O)C(Cc1ccccc1)NC(=O)OCc1ccccc1)C(C)=O. The minimum Gasteiger partial charge on any atom is -0.445 e. The summed E-state index contributed by atoms with van der Waals surface area (Å²) in [6, 6.07) is 18.3. The van der Waals surface area contributed by atoms with Crippen molar-refractivity contribution in [3.8, 4) is 0 Å². The van der Waals surface area contributed by atoms with Crippen LogP contribution < -0.4 is 5.32 Å². The topological polar surface area (TPSA) is 78.9 Å². The molecule has 180 valence electrons. The van der Waals surface area contributed by atoms with E-state index in [1.54, 1.807) is 11.0 Å². The van der Waals surface area contributed by atoms with Gasteiger partial charge in [0.1, 0.15) is 6.61 Å². The molecule has 2 amide bonds. The van der Waals surface area contributed by atoms with Crippen molar-refractivity contribution in [3.05, 3.63) is 108 Å². The van der Waals surface area contributed by atoms with Gasteiger partial charge in [-0.25, -0.2) is 4.79 Å². The predicted molar refractivity (Wildman–Crippen MR) is 135 cm³/mol. The van der Waals surface area contributed by atoms with Crippen molar-refractivity contribution in [3.63, 3.8) is 0 Å². The lowest BCUT2D eigenvalue weighted by Crippen LogP contribution is -2.50. The number of ether oxygens (including phenoxy) is 1. The minimum absolute atomic E-state index is 0.0534. The van der Waals surface area contributed by atoms with E-state index in [1.807, 2.05) is 85.8 Å². The van der Waals surface area contributed by atoms with Gasteiger partial charge in [-0.2, -0.15) is 0 Å². The van der Waals surface area contributed by atoms with E-state index in [1.165, 1.54) is 6.92 Å². The molecule has 2 N–H and O–H groups in total. The molecule has 0 aliphatic carbocycles. The monoisotopic (exact) mass is 462 g/mol. The molecular weight excluding hydrogens is 428 g/mol. The Hall–Kier alpha value is -3.64. The zero-order chi connectivity index (χ0) is 24.8. The van der Waals surface area contributed by atoms with Gasteiger partial charge in [-0.1, -0.05) is 91.5 Å². The van der Waals surface area contributed by atoms with Crippen LogP contribution in [0.3, 0.4) is 0 Å². The Balaban J connectivity index is 2.12. The molecule has 2 rings (SSSR count). The first kappa shape index (κ1) is 26.6. The van der Waals surface area contributed by atoms with Crippen molar-refractivity contribution in [2.75, 3.05) is 13.1 Å². The van der Waals surface area contributed by atoms with Crippen LogP contribution in [0.2, 0.25) is 0 Å². The summed E-state index contributed by atoms with van der Waals surface area (Å²) in [5, 5.41) is 13.9. The predicted octanol–water partition coefficient (Wildman–Crippen LogP) is 4.42. The van der Waals surface area contributed by atoms with Crippen molar-refractivity contribution in [1.29, 1.82) is 0 Å². The fourth-order valence-electron chi connectivity index (χ4n) is 3.47. The van der Waals surface area contributed by atoms with Gasteiger partial charge in [0.05, 0.1) is 12.1 Å². The number of nitrogens with zero attached hydrogens (tertiary/aromatic N) is 1. The van der Waals surface area contributed by atoms with Crippen molar-refractivity contribution in [2.45, 2.75) is 39.0 Å². The fraction of sp³-hybridized carbons (Fsp3) is 0.286. The average molecular weight is 463 g/mol. The van der Waals surface area contributed by atoms with Gasteiger partial charge in [0.25, 0.3) is 0 Å². The Morgan fingerprint density at radius 2 is 1.71 bits per heavy atom. The van der Waals surface area contributed by atoms with Crippen molar-refractivity contribution >= 4 is 12.0 Å². The number of hydrogen-bond donors (Lipinski definition) is 2. The quantitative estimate of drug-likeness (QED) is 0.458. The van der Waals surface area contributed by atoms with Crippen molar-refractivity contribution < 1.29 is 19.4 Å². The highest BCUT2D eigenvalue weighted by atomic mass is 16.5. The van der Waals surface area contributed by atoms with Crippen LogP contribution in [0.5, 0.6) is 0 Å². The molecular formula is C28H34N2O4. The summed E-state index contributed by atoms with van der Waals surface area (Å²) >= 11 is 0. The fourth-order valence-corrected chi connectivity index (χ4v) is 3.47. The van der Waals surface area contributed by atoms with Crippen LogP contribution in [0.15, 0.2) is 97.1 Å². The summed E-state index contributed by atoms with van der Waals surface area (Å²) in [5.41, 5.74) is 2.70. The second-order valence-electron chi connectivity index (χ2n) is 7.95. The summed E-state index contributed by atoms with van der Waals surface area (Å²) in [4.78, 5) is 26.4. The van der Waals surface area contributed by atoms with Gasteiger partial charge in [-0.15, -0.1) is 0 Å². The van der Waals surface area contributed by atoms with E-state index in [-0.39, 0.29) is 19.1 Å². The van der Waals surface area contributed by atoms with Gasteiger partial charge in [-0.3, -0.25) is 4.79 Å². The zero-order valence-corrected chi connectivity index (χ0v) is 19.9. The van der Waals surface area contributed by atoms with Crippen LogP contribution in [-0.2, 0) is 22.6 Å². The molecule has 0 aromatic heterocycles. The van der Waals surface area contributed by atoms with E-state index in [4.69, 9.17) is 4.74 Å². The van der Waals surface area contributed by atoms with E-state index in [0.29, 0.717) is 13.0 Å². The molecule has 2 aromatic carbocycles. The van der Waals surface area contributed by atoms with Crippen LogP contribution in [0.1, 0.15) is 25.0 Å². The molecule has 0 aliphatic rings. The van der Waals surface area contributed by atoms with Crippen LogP contribution >= 0.6 is 0 Å². The van der Waals surface area contributed by atoms with E-state index in [9.17, 15) is 14.7 Å². The van der Waals surface area contributed by atoms with Gasteiger partial charge in [0, 0.05) is 20.0 Å². The van der Waals surface area contributed by atoms with E-state index in [2.05, 4.69) is 11.9 Å². The first-order valence-corrected chi connectivity index (χ1v) is 11.3. The number of aliphatic hydroxyl groups is 1. The van der Waals surface area contributed by atoms with E-state index < -0.39 is 18.2 Å². The normalized spacial score (nSPS) is 13.2. The van der Waals surface area contributed by atoms with Gasteiger partial charge in [-0.05, 0) is 30.0 Å². The summed E-state index contributed by atoms with van der Waals surface area (Å²) in [7, 11) is 0. The lowest BCUT2D eigenvalue weighted by atomic mass is 10.0. The number of rotatable bonds is 12. The Morgan fingerprint density at radius 3 is 2.26 bits per heavy atom. The number of aliphatic hydroxyl groups excluding tert-OH is 1. The molecule has 0 saturated heterocycles. The Labute approximate surface area is 202 Å². The third-order valence-corrected chi connectivity index (χ3v) is 5.22. The van der Waals surface area contributed by atoms with Gasteiger partial charge >= 0.3 is 6.09 Å². The molecule has 0 fully saturated rings. The third kappa shape index (κ3) is 9.46. The molecule has 6 heteroatoms. The number of alkyl carbamates (subject to hydrolysis) is 1. The Morgan fingerprint density at radius 1 is 1.09 bits per heavy atom. The van der Waals surface area contributed by atoms with Gasteiger partial charge in [0.15, 0.2) is 0 Å². The standard InChI is InChI=1S/C28H34N2O4/c1-4-12-24(13-5-2)19-30(22(3)31)20-27(32)26(18-23-14-8-6-9-15-23)29-28(33)34-21-25-16-10-7-11-17-25/h4-17,26-27,32H,1,18-21H2,2-3H3,(H,29,33). The highest BCUT2D eigenvalue weighted by Crippen LogP contribution is 2.11. The highest BCUT2D eigenvalue weighted by Gasteiger charge is 2.26. The summed E-state index contributed by atoms with van der Waals surface area (Å²) in [6.45, 7) is 7.57. The molecule has 2 unspecified atom stereocenters. The largest absolute Gasteiger partial charge is 0.445 e. The molecule has 0 radical (unpaired) electrons. The molecule has 2 atom stereocenters. The van der Waals surface area contributed by atoms with Crippen molar-refractivity contribution in [1.82, 2.24) is 10.2 Å². The summed E-state index contributed by atoms with van der Waals surface area (Å²) < 4.78 is 5.36. The average Bonchev–Trinajstić information content (AvgIpc) is 2.83. The molecule has 0 bridgehead atoms. The Bertz CT molecular complexity index is 970. The Kier molecular flexibility index (Phi) is 11.3. The van der Waals surface area contributed by atoms with Crippen molar-refractivity contribution in [2.24, 2.45) is 0 Å². The maximum absolute atomic E-state index is 12.5. The molecule has 0 saturated carbocycles. The number of hydrogen-bond acceptors (Lipinski definition) is 4. The van der Waals surface area contributed by atoms with Crippen LogP contribution in [0, 0.1) is 0 Å². The zero-order valence-electron chi connectivity index (χ0n) is 19.9. The second kappa shape index (κ2) is 14.5. The molecule has 34 heavy (non-hydrogen) atoms. The van der Waals surface area contributed by atoms with E-state index in [0.717, 1.165) is 16.7 Å². The smallest absolute Gasteiger partial charge is 0.407 e. The van der Waals surface area contributed by atoms with Crippen LogP contribution in [-0.4, -0.2) is 47.2 Å². The highest BCUT2D eigenvalue weighted by molar-refractivity contribution is 5.73. The molecule has 2 aromatic rings. The molecule has 6 nitrogen and oxygen atoms in total. The summed E-state index contributed by atoms with van der Waals surface area (Å²) in [6.07, 6.45) is 6.01. The van der Waals surface area contributed by atoms with Crippen LogP contribution in [0.4, 0.5) is 4.79 Å². The summed E-state index contributed by atoms with van der Waals surface area (Å²) in [5.74, 6) is -0.177. The maximum Gasteiger partial charge on any atom is 0.407 e. The molecule has 0 aliphatic heterocycles. The van der Waals surface area contributed by atoms with Crippen LogP contribution in [0.25, 0.3) is 0 Å². The number of allylic oxidation sites excluding steroid dienone is 3. The third-order valence-electron chi connectivity index (χ3n) is 5.22. The first-order chi connectivity index (χ1) is 16.4. The van der Waals surface area contributed by atoms with Gasteiger partial charge in [0.2, 0.25) is 5.91 Å². The maximum atomic E-state index is 12.5. The first-order valence-electron chi connectivity index (χ1n) is 11.3. The number of benzene rings is 2. The second-order valence-corrected chi connectivity index (χ2v) is 7.95. The number of carbonyl (C=O) groups is 2. The lowest BCUT2D eigenvalue weighted by molar-refractivity contribution is -0.130. The number of nitrogens with one attached hydrogen (secondary N) is 1. The minimum atomic E-state index is -1.01. The number of carbonyl (C=O) groups excluding carboxylic acids is 2. The molecule has 0 heterocycles. The lowest BCUT2D eigenvalue weighted by Gasteiger charge is -2.30. The molecule has 0 spiro atoms. The number of amides is 2.